The van der Waals surface area contributed by atoms with Gasteiger partial charge in [0.15, 0.2) is 16.6 Å². The van der Waals surface area contributed by atoms with Crippen molar-refractivity contribution < 1.29 is 28.6 Å². The van der Waals surface area contributed by atoms with Crippen LogP contribution in [-0.4, -0.2) is 49.3 Å². The number of anilines is 2. The lowest BCUT2D eigenvalue weighted by molar-refractivity contribution is -0.115. The lowest BCUT2D eigenvalue weighted by Crippen LogP contribution is -2.30. The van der Waals surface area contributed by atoms with Crippen LogP contribution < -0.4 is 30.2 Å². The summed E-state index contributed by atoms with van der Waals surface area (Å²) in [6.45, 7) is 3.81. The molecular weight excluding hydrogens is 673 g/mol. The van der Waals surface area contributed by atoms with Gasteiger partial charge in [0.1, 0.15) is 11.4 Å². The number of amides is 3. The second-order valence-electron chi connectivity index (χ2n) is 10.8. The molecular formula is C38H36N4O6S2. The first-order chi connectivity index (χ1) is 24.2. The Labute approximate surface area is 298 Å². The lowest BCUT2D eigenvalue weighted by atomic mass is 10.1. The second-order valence-corrected chi connectivity index (χ2v) is 13.5. The summed E-state index contributed by atoms with van der Waals surface area (Å²) >= 11 is 2.82. The number of rotatable bonds is 13. The van der Waals surface area contributed by atoms with Crippen LogP contribution in [0.25, 0.3) is 17.3 Å². The Morgan fingerprint density at radius 2 is 1.42 bits per heavy atom. The highest BCUT2D eigenvalue weighted by molar-refractivity contribution is 8.00. The summed E-state index contributed by atoms with van der Waals surface area (Å²) in [7, 11) is 4.50. The molecule has 1 atom stereocenters. The fourth-order valence-electron chi connectivity index (χ4n) is 4.86. The first-order valence-corrected chi connectivity index (χ1v) is 17.2. The zero-order chi connectivity index (χ0) is 35.6. The van der Waals surface area contributed by atoms with E-state index in [9.17, 15) is 14.4 Å². The largest absolute Gasteiger partial charge is 0.496 e. The highest BCUT2D eigenvalue weighted by atomic mass is 32.2. The van der Waals surface area contributed by atoms with Crippen LogP contribution in [0, 0.1) is 6.92 Å². The summed E-state index contributed by atoms with van der Waals surface area (Å²) in [5.41, 5.74) is 3.17. The molecule has 0 spiro atoms. The number of nitrogens with zero attached hydrogens (tertiary/aromatic N) is 1. The van der Waals surface area contributed by atoms with Crippen LogP contribution in [0.1, 0.15) is 27.7 Å². The number of carbonyl (C=O) groups excluding carboxylic acids is 3. The average molecular weight is 709 g/mol. The molecule has 3 amide bonds. The van der Waals surface area contributed by atoms with Gasteiger partial charge in [-0.05, 0) is 62.4 Å². The monoisotopic (exact) mass is 708 g/mol. The van der Waals surface area contributed by atoms with Crippen molar-refractivity contribution in [2.24, 2.45) is 0 Å². The Hall–Kier alpha value is -5.59. The van der Waals surface area contributed by atoms with Crippen LogP contribution in [-0.2, 0) is 9.59 Å². The summed E-state index contributed by atoms with van der Waals surface area (Å²) < 4.78 is 16.4. The fraction of sp³-hybridized carbons (Fsp3) is 0.158. The van der Waals surface area contributed by atoms with Crippen molar-refractivity contribution in [3.8, 4) is 28.5 Å². The van der Waals surface area contributed by atoms with Gasteiger partial charge in [-0.1, -0.05) is 48.5 Å². The lowest BCUT2D eigenvalue weighted by Gasteiger charge is -2.15. The molecule has 4 aromatic carbocycles. The number of thiazole rings is 1. The highest BCUT2D eigenvalue weighted by Gasteiger charge is 2.20. The van der Waals surface area contributed by atoms with E-state index >= 15 is 0 Å². The van der Waals surface area contributed by atoms with E-state index in [0.717, 1.165) is 21.0 Å². The average Bonchev–Trinajstić information content (AvgIpc) is 3.51. The molecule has 5 aromatic rings. The van der Waals surface area contributed by atoms with Crippen LogP contribution in [0.15, 0.2) is 108 Å². The van der Waals surface area contributed by atoms with Gasteiger partial charge in [0, 0.05) is 38.2 Å². The molecule has 256 valence electrons. The predicted molar refractivity (Wildman–Crippen MR) is 199 cm³/mol. The molecule has 1 aromatic heterocycles. The minimum atomic E-state index is -0.562. The summed E-state index contributed by atoms with van der Waals surface area (Å²) in [6.07, 6.45) is 1.51. The normalized spacial score (nSPS) is 11.7. The topological polar surface area (TPSA) is 128 Å². The van der Waals surface area contributed by atoms with Gasteiger partial charge >= 0.3 is 0 Å². The molecule has 0 aliphatic carbocycles. The van der Waals surface area contributed by atoms with Crippen LogP contribution >= 0.6 is 23.1 Å². The smallest absolute Gasteiger partial charge is 0.272 e. The number of aryl methyl sites for hydroxylation is 1. The second kappa shape index (κ2) is 16.7. The Morgan fingerprint density at radius 3 is 2.06 bits per heavy atom. The molecule has 0 saturated carbocycles. The summed E-state index contributed by atoms with van der Waals surface area (Å²) in [5.74, 6) is 0.0744. The van der Waals surface area contributed by atoms with Crippen molar-refractivity contribution in [2.75, 3.05) is 32.0 Å². The van der Waals surface area contributed by atoms with Gasteiger partial charge in [-0.3, -0.25) is 14.4 Å². The van der Waals surface area contributed by atoms with Crippen molar-refractivity contribution in [3.63, 3.8) is 0 Å². The molecule has 0 fully saturated rings. The molecule has 0 aliphatic heterocycles. The van der Waals surface area contributed by atoms with E-state index in [2.05, 4.69) is 20.9 Å². The zero-order valence-corrected chi connectivity index (χ0v) is 29.7. The van der Waals surface area contributed by atoms with Gasteiger partial charge in [-0.2, -0.15) is 0 Å². The summed E-state index contributed by atoms with van der Waals surface area (Å²) in [5, 5.41) is 8.65. The molecule has 3 N–H and O–H groups in total. The van der Waals surface area contributed by atoms with E-state index in [4.69, 9.17) is 14.2 Å². The number of ether oxygens (including phenoxy) is 3. The third-order valence-electron chi connectivity index (χ3n) is 7.43. The van der Waals surface area contributed by atoms with Gasteiger partial charge in [0.2, 0.25) is 5.91 Å². The van der Waals surface area contributed by atoms with Crippen molar-refractivity contribution in [2.45, 2.75) is 24.0 Å². The van der Waals surface area contributed by atoms with E-state index in [1.54, 1.807) is 54.6 Å². The van der Waals surface area contributed by atoms with Gasteiger partial charge in [-0.25, -0.2) is 4.98 Å². The van der Waals surface area contributed by atoms with E-state index in [1.807, 2.05) is 56.3 Å². The van der Waals surface area contributed by atoms with Crippen molar-refractivity contribution in [1.29, 1.82) is 0 Å². The third kappa shape index (κ3) is 8.90. The number of benzene rings is 4. The van der Waals surface area contributed by atoms with E-state index in [1.165, 1.54) is 50.5 Å². The van der Waals surface area contributed by atoms with Crippen molar-refractivity contribution >= 4 is 57.7 Å². The van der Waals surface area contributed by atoms with Gasteiger partial charge in [0.25, 0.3) is 11.8 Å². The number of carbonyl (C=O) groups is 3. The van der Waals surface area contributed by atoms with E-state index in [0.29, 0.717) is 39.2 Å². The first kappa shape index (κ1) is 35.7. The fourth-order valence-corrected chi connectivity index (χ4v) is 6.56. The molecule has 10 nitrogen and oxygen atoms in total. The Balaban J connectivity index is 1.29. The quantitative estimate of drug-likeness (QED) is 0.0840. The Kier molecular flexibility index (Phi) is 11.9. The third-order valence-corrected chi connectivity index (χ3v) is 9.43. The maximum absolute atomic E-state index is 13.6. The minimum absolute atomic E-state index is 0.0269. The van der Waals surface area contributed by atoms with Crippen LogP contribution in [0.5, 0.6) is 17.2 Å². The molecule has 50 heavy (non-hydrogen) atoms. The summed E-state index contributed by atoms with van der Waals surface area (Å²) in [6, 6.07) is 28.8. The SMILES string of the molecule is COc1cc(OC)c(OC)cc1/C=C(\NC(=O)c1ccccc1)C(=O)Nc1ccc(SC(C)C(=O)Nc2nc(-c3ccccc3)c(C)s2)cc1. The van der Waals surface area contributed by atoms with E-state index < -0.39 is 17.1 Å². The minimum Gasteiger partial charge on any atom is -0.496 e. The molecule has 0 aliphatic rings. The first-order valence-electron chi connectivity index (χ1n) is 15.5. The number of thioether (sulfide) groups is 1. The molecule has 1 unspecified atom stereocenters. The maximum atomic E-state index is 13.6. The van der Waals surface area contributed by atoms with Crippen molar-refractivity contribution in [3.05, 3.63) is 119 Å². The molecule has 0 saturated heterocycles. The number of hydrogen-bond donors (Lipinski definition) is 3. The molecule has 0 radical (unpaired) electrons. The number of aromatic nitrogens is 1. The summed E-state index contributed by atoms with van der Waals surface area (Å²) in [4.78, 5) is 46.3. The molecule has 1 heterocycles. The molecule has 5 rings (SSSR count). The highest BCUT2D eigenvalue weighted by Crippen LogP contribution is 2.36. The molecule has 12 heteroatoms. The van der Waals surface area contributed by atoms with Crippen molar-refractivity contribution in [1.82, 2.24) is 10.3 Å². The van der Waals surface area contributed by atoms with Gasteiger partial charge in [0.05, 0.1) is 32.3 Å². The number of nitrogens with one attached hydrogen (secondary N) is 3. The number of methoxy groups -OCH3 is 3. The number of hydrogen-bond acceptors (Lipinski definition) is 9. The van der Waals surface area contributed by atoms with Crippen LogP contribution in [0.2, 0.25) is 0 Å². The zero-order valence-electron chi connectivity index (χ0n) is 28.1. The van der Waals surface area contributed by atoms with Gasteiger partial charge < -0.3 is 30.2 Å². The van der Waals surface area contributed by atoms with Crippen LogP contribution in [0.4, 0.5) is 10.8 Å². The molecule has 0 bridgehead atoms. The standard InChI is InChI=1S/C38H36N4O6S2/c1-23-34(25-12-8-6-9-13-25)41-38(50-23)42-35(43)24(2)49-29-18-16-28(17-19-29)39-37(45)30(40-36(44)26-14-10-7-11-15-26)20-27-21-32(47-4)33(48-5)22-31(27)46-3/h6-22,24H,1-5H3,(H,39,45)(H,40,44)(H,41,42,43)/b30-20-. The van der Waals surface area contributed by atoms with Crippen LogP contribution in [0.3, 0.4) is 0 Å². The van der Waals surface area contributed by atoms with E-state index in [-0.39, 0.29) is 11.6 Å². The predicted octanol–water partition coefficient (Wildman–Crippen LogP) is 7.67. The Morgan fingerprint density at radius 1 is 0.800 bits per heavy atom. The van der Waals surface area contributed by atoms with Gasteiger partial charge in [-0.15, -0.1) is 23.1 Å². The Bertz CT molecular complexity index is 2000. The maximum Gasteiger partial charge on any atom is 0.272 e.